The third-order valence-corrected chi connectivity index (χ3v) is 5.49. The number of hydrogen-bond acceptors (Lipinski definition) is 5. The van der Waals surface area contributed by atoms with Crippen LogP contribution in [0.25, 0.3) is 0 Å². The number of methoxy groups -OCH3 is 1. The standard InChI is InChI=1S/C19H23NO5S/c1-4-13-25-17-9-7-16(8-10-17)20(14-19(21)24-3)26(22,23)18-11-5-15(2)6-12-18/h5-12H,4,13-14H2,1-3H3. The van der Waals surface area contributed by atoms with Crippen molar-refractivity contribution in [3.8, 4) is 5.75 Å². The Bertz CT molecular complexity index is 829. The molecule has 140 valence electrons. The molecule has 7 heteroatoms. The van der Waals surface area contributed by atoms with Gasteiger partial charge >= 0.3 is 5.97 Å². The number of esters is 1. The van der Waals surface area contributed by atoms with Gasteiger partial charge in [0.05, 0.1) is 24.3 Å². The van der Waals surface area contributed by atoms with Crippen LogP contribution in [0.15, 0.2) is 53.4 Å². The lowest BCUT2D eigenvalue weighted by Gasteiger charge is -2.23. The molecule has 2 aromatic rings. The second kappa shape index (κ2) is 8.71. The molecule has 6 nitrogen and oxygen atoms in total. The van der Waals surface area contributed by atoms with Crippen LogP contribution in [0.3, 0.4) is 0 Å². The van der Waals surface area contributed by atoms with Crippen molar-refractivity contribution in [2.75, 3.05) is 24.6 Å². The van der Waals surface area contributed by atoms with Crippen LogP contribution in [0.1, 0.15) is 18.9 Å². The maximum absolute atomic E-state index is 13.0. The summed E-state index contributed by atoms with van der Waals surface area (Å²) in [4.78, 5) is 11.9. The Morgan fingerprint density at radius 1 is 1.04 bits per heavy atom. The molecular weight excluding hydrogens is 354 g/mol. The van der Waals surface area contributed by atoms with Crippen molar-refractivity contribution in [3.63, 3.8) is 0 Å². The van der Waals surface area contributed by atoms with Gasteiger partial charge in [-0.05, 0) is 49.7 Å². The van der Waals surface area contributed by atoms with Gasteiger partial charge in [-0.25, -0.2) is 8.42 Å². The topological polar surface area (TPSA) is 72.9 Å². The molecule has 0 fully saturated rings. The number of ether oxygens (including phenoxy) is 2. The summed E-state index contributed by atoms with van der Waals surface area (Å²) in [6.45, 7) is 4.03. The molecule has 0 heterocycles. The van der Waals surface area contributed by atoms with Crippen LogP contribution in [-0.2, 0) is 19.6 Å². The van der Waals surface area contributed by atoms with Crippen LogP contribution >= 0.6 is 0 Å². The minimum absolute atomic E-state index is 0.110. The van der Waals surface area contributed by atoms with Gasteiger partial charge in [-0.2, -0.15) is 0 Å². The Balaban J connectivity index is 2.39. The van der Waals surface area contributed by atoms with Crippen molar-refractivity contribution in [1.29, 1.82) is 0 Å². The molecule has 0 amide bonds. The molecule has 2 aromatic carbocycles. The van der Waals surface area contributed by atoms with E-state index in [1.807, 2.05) is 13.8 Å². The number of nitrogens with zero attached hydrogens (tertiary/aromatic N) is 1. The monoisotopic (exact) mass is 377 g/mol. The highest BCUT2D eigenvalue weighted by Crippen LogP contribution is 2.26. The van der Waals surface area contributed by atoms with E-state index >= 15 is 0 Å². The highest BCUT2D eigenvalue weighted by molar-refractivity contribution is 7.92. The van der Waals surface area contributed by atoms with Gasteiger partial charge in [0, 0.05) is 0 Å². The zero-order valence-electron chi connectivity index (χ0n) is 15.1. The highest BCUT2D eigenvalue weighted by atomic mass is 32.2. The summed E-state index contributed by atoms with van der Waals surface area (Å²) >= 11 is 0. The predicted molar refractivity (Wildman–Crippen MR) is 100.0 cm³/mol. The molecular formula is C19H23NO5S. The summed E-state index contributed by atoms with van der Waals surface area (Å²) in [6.07, 6.45) is 0.873. The van der Waals surface area contributed by atoms with E-state index in [0.29, 0.717) is 18.0 Å². The number of benzene rings is 2. The SMILES string of the molecule is CCCOc1ccc(N(CC(=O)OC)S(=O)(=O)c2ccc(C)cc2)cc1. The Hall–Kier alpha value is -2.54. The smallest absolute Gasteiger partial charge is 0.326 e. The fourth-order valence-electron chi connectivity index (χ4n) is 2.26. The van der Waals surface area contributed by atoms with Gasteiger partial charge in [-0.15, -0.1) is 0 Å². The predicted octanol–water partition coefficient (Wildman–Crippen LogP) is 3.15. The molecule has 0 saturated carbocycles. The van der Waals surface area contributed by atoms with E-state index in [1.54, 1.807) is 36.4 Å². The van der Waals surface area contributed by atoms with Crippen molar-refractivity contribution in [2.24, 2.45) is 0 Å². The van der Waals surface area contributed by atoms with E-state index < -0.39 is 22.5 Å². The molecule has 0 saturated heterocycles. The number of hydrogen-bond donors (Lipinski definition) is 0. The van der Waals surface area contributed by atoms with Crippen molar-refractivity contribution in [1.82, 2.24) is 0 Å². The van der Waals surface area contributed by atoms with E-state index in [4.69, 9.17) is 4.74 Å². The van der Waals surface area contributed by atoms with Gasteiger partial charge in [0.25, 0.3) is 10.0 Å². The number of anilines is 1. The largest absolute Gasteiger partial charge is 0.494 e. The lowest BCUT2D eigenvalue weighted by Crippen LogP contribution is -2.36. The fourth-order valence-corrected chi connectivity index (χ4v) is 3.67. The summed E-state index contributed by atoms with van der Waals surface area (Å²) in [5, 5.41) is 0. The number of aryl methyl sites for hydroxylation is 1. The van der Waals surface area contributed by atoms with E-state index in [9.17, 15) is 13.2 Å². The number of carbonyl (C=O) groups excluding carboxylic acids is 1. The average molecular weight is 377 g/mol. The first kappa shape index (κ1) is 19.8. The van der Waals surface area contributed by atoms with Crippen LogP contribution in [0, 0.1) is 6.92 Å². The van der Waals surface area contributed by atoms with Gasteiger partial charge in [0.15, 0.2) is 0 Å². The average Bonchev–Trinajstić information content (AvgIpc) is 2.65. The summed E-state index contributed by atoms with van der Waals surface area (Å²) in [5.74, 6) is -0.00616. The van der Waals surface area contributed by atoms with Crippen LogP contribution < -0.4 is 9.04 Å². The summed E-state index contributed by atoms with van der Waals surface area (Å²) in [5.41, 5.74) is 1.31. The maximum atomic E-state index is 13.0. The molecule has 0 aliphatic carbocycles. The number of carbonyl (C=O) groups is 1. The first-order valence-electron chi connectivity index (χ1n) is 8.27. The first-order chi connectivity index (χ1) is 12.4. The van der Waals surface area contributed by atoms with Crippen molar-refractivity contribution in [2.45, 2.75) is 25.2 Å². The Kier molecular flexibility index (Phi) is 6.63. The minimum atomic E-state index is -3.91. The zero-order chi connectivity index (χ0) is 19.2. The van der Waals surface area contributed by atoms with Crippen LogP contribution in [0.4, 0.5) is 5.69 Å². The molecule has 0 bridgehead atoms. The van der Waals surface area contributed by atoms with Crippen molar-refractivity contribution < 1.29 is 22.7 Å². The molecule has 0 aliphatic heterocycles. The van der Waals surface area contributed by atoms with Crippen LogP contribution in [0.5, 0.6) is 5.75 Å². The Labute approximate surface area is 154 Å². The first-order valence-corrected chi connectivity index (χ1v) is 9.71. The molecule has 2 rings (SSSR count). The van der Waals surface area contributed by atoms with Crippen molar-refractivity contribution in [3.05, 3.63) is 54.1 Å². The van der Waals surface area contributed by atoms with E-state index in [1.165, 1.54) is 19.2 Å². The summed E-state index contributed by atoms with van der Waals surface area (Å²) < 4.78 is 37.3. The second-order valence-electron chi connectivity index (χ2n) is 5.74. The van der Waals surface area contributed by atoms with Gasteiger partial charge in [-0.3, -0.25) is 9.10 Å². The Morgan fingerprint density at radius 2 is 1.65 bits per heavy atom. The van der Waals surface area contributed by atoms with Gasteiger partial charge in [-0.1, -0.05) is 24.6 Å². The molecule has 0 atom stereocenters. The number of rotatable bonds is 8. The third kappa shape index (κ3) is 4.76. The van der Waals surface area contributed by atoms with E-state index in [0.717, 1.165) is 16.3 Å². The molecule has 26 heavy (non-hydrogen) atoms. The second-order valence-corrected chi connectivity index (χ2v) is 7.61. The quantitative estimate of drug-likeness (QED) is 0.661. The molecule has 0 unspecified atom stereocenters. The normalized spacial score (nSPS) is 11.0. The summed E-state index contributed by atoms with van der Waals surface area (Å²) in [6, 6.07) is 13.1. The molecule has 0 aromatic heterocycles. The van der Waals surface area contributed by atoms with Crippen molar-refractivity contribution >= 4 is 21.7 Å². The molecule has 0 radical (unpaired) electrons. The fraction of sp³-hybridized carbons (Fsp3) is 0.316. The van der Waals surface area contributed by atoms with Crippen LogP contribution in [0.2, 0.25) is 0 Å². The minimum Gasteiger partial charge on any atom is -0.494 e. The molecule has 0 aliphatic rings. The third-order valence-electron chi connectivity index (χ3n) is 3.71. The lowest BCUT2D eigenvalue weighted by atomic mass is 10.2. The summed E-state index contributed by atoms with van der Waals surface area (Å²) in [7, 11) is -2.69. The van der Waals surface area contributed by atoms with E-state index in [2.05, 4.69) is 4.74 Å². The molecule has 0 N–H and O–H groups in total. The van der Waals surface area contributed by atoms with Gasteiger partial charge in [0.2, 0.25) is 0 Å². The van der Waals surface area contributed by atoms with Gasteiger partial charge in [0.1, 0.15) is 12.3 Å². The zero-order valence-corrected chi connectivity index (χ0v) is 16.0. The lowest BCUT2D eigenvalue weighted by molar-refractivity contribution is -0.138. The van der Waals surface area contributed by atoms with E-state index in [-0.39, 0.29) is 4.90 Å². The maximum Gasteiger partial charge on any atom is 0.326 e. The van der Waals surface area contributed by atoms with Gasteiger partial charge < -0.3 is 9.47 Å². The highest BCUT2D eigenvalue weighted by Gasteiger charge is 2.27. The van der Waals surface area contributed by atoms with Crippen LogP contribution in [-0.4, -0.2) is 34.6 Å². The molecule has 0 spiro atoms. The number of sulfonamides is 1. The Morgan fingerprint density at radius 3 is 2.19 bits per heavy atom.